The molecular weight excluding hydrogens is 330 g/mol. The van der Waals surface area contributed by atoms with Gasteiger partial charge in [-0.3, -0.25) is 4.90 Å². The first kappa shape index (κ1) is 19.8. The lowest BCUT2D eigenvalue weighted by Crippen LogP contribution is -2.46. The van der Waals surface area contributed by atoms with Crippen LogP contribution in [0.5, 0.6) is 5.75 Å². The fraction of sp³-hybridized carbons (Fsp3) is 0.455. The number of nitrogens with zero attached hydrogens (tertiary/aromatic N) is 1. The Kier molecular flexibility index (Phi) is 7.80. The summed E-state index contributed by atoms with van der Waals surface area (Å²) >= 11 is 0. The molecule has 3 rings (SSSR count). The lowest BCUT2D eigenvalue weighted by molar-refractivity contribution is 0.0814. The van der Waals surface area contributed by atoms with Crippen molar-refractivity contribution >= 4 is 12.4 Å². The minimum absolute atomic E-state index is 0. The minimum atomic E-state index is 0. The number of ether oxygens (including phenoxy) is 1. The van der Waals surface area contributed by atoms with E-state index in [9.17, 15) is 0 Å². The summed E-state index contributed by atoms with van der Waals surface area (Å²) in [4.78, 5) is 2.60. The molecule has 0 amide bonds. The van der Waals surface area contributed by atoms with E-state index >= 15 is 0 Å². The Bertz CT molecular complexity index is 631. The highest BCUT2D eigenvalue weighted by atomic mass is 35.5. The van der Waals surface area contributed by atoms with Crippen LogP contribution >= 0.6 is 12.4 Å². The molecule has 0 bridgehead atoms. The summed E-state index contributed by atoms with van der Waals surface area (Å²) < 4.78 is 6.23. The zero-order valence-corrected chi connectivity index (χ0v) is 16.2. The molecule has 0 spiro atoms. The molecule has 1 heterocycles. The van der Waals surface area contributed by atoms with Crippen molar-refractivity contribution in [3.05, 3.63) is 65.7 Å². The topological polar surface area (TPSA) is 12.5 Å². The number of piperidine rings is 1. The average Bonchev–Trinajstić information content (AvgIpc) is 2.62. The van der Waals surface area contributed by atoms with Crippen LogP contribution in [0.1, 0.15) is 44.2 Å². The Morgan fingerprint density at radius 2 is 1.76 bits per heavy atom. The molecule has 2 aromatic rings. The second kappa shape index (κ2) is 9.84. The summed E-state index contributed by atoms with van der Waals surface area (Å²) in [6.45, 7) is 6.61. The van der Waals surface area contributed by atoms with Crippen molar-refractivity contribution in [2.24, 2.45) is 0 Å². The Hall–Kier alpha value is -1.51. The third-order valence-electron chi connectivity index (χ3n) is 5.11. The maximum absolute atomic E-state index is 6.23. The zero-order valence-electron chi connectivity index (χ0n) is 15.4. The normalized spacial score (nSPS) is 19.0. The van der Waals surface area contributed by atoms with Gasteiger partial charge in [-0.15, -0.1) is 12.4 Å². The SMILES string of the molecule is CC1CCCCN1C(C)COc1ccccc1Cc1ccccc1.Cl. The Morgan fingerprint density at radius 1 is 1.04 bits per heavy atom. The van der Waals surface area contributed by atoms with Gasteiger partial charge in [-0.05, 0) is 50.4 Å². The van der Waals surface area contributed by atoms with Crippen LogP contribution in [0.25, 0.3) is 0 Å². The molecule has 2 nitrogen and oxygen atoms in total. The Morgan fingerprint density at radius 3 is 2.52 bits per heavy atom. The highest BCUT2D eigenvalue weighted by molar-refractivity contribution is 5.85. The molecule has 2 atom stereocenters. The van der Waals surface area contributed by atoms with Gasteiger partial charge in [-0.25, -0.2) is 0 Å². The fourth-order valence-corrected chi connectivity index (χ4v) is 3.69. The van der Waals surface area contributed by atoms with Crippen LogP contribution in [0.3, 0.4) is 0 Å². The predicted octanol–water partition coefficient (Wildman–Crippen LogP) is 5.34. The average molecular weight is 360 g/mol. The molecule has 1 fully saturated rings. The maximum Gasteiger partial charge on any atom is 0.122 e. The van der Waals surface area contributed by atoms with Gasteiger partial charge in [0.15, 0.2) is 0 Å². The van der Waals surface area contributed by atoms with Crippen molar-refractivity contribution < 1.29 is 4.74 Å². The summed E-state index contributed by atoms with van der Waals surface area (Å²) in [6.07, 6.45) is 4.92. The number of halogens is 1. The van der Waals surface area contributed by atoms with Crippen molar-refractivity contribution in [1.82, 2.24) is 4.90 Å². The lowest BCUT2D eigenvalue weighted by Gasteiger charge is -2.37. The number of likely N-dealkylation sites (tertiary alicyclic amines) is 1. The second-order valence-electron chi connectivity index (χ2n) is 7.01. The highest BCUT2D eigenvalue weighted by Crippen LogP contribution is 2.23. The number of benzene rings is 2. The smallest absolute Gasteiger partial charge is 0.122 e. The van der Waals surface area contributed by atoms with Crippen molar-refractivity contribution in [3.8, 4) is 5.75 Å². The van der Waals surface area contributed by atoms with E-state index in [0.717, 1.165) is 18.8 Å². The van der Waals surface area contributed by atoms with Gasteiger partial charge < -0.3 is 4.74 Å². The number of para-hydroxylation sites is 1. The molecule has 1 aliphatic rings. The van der Waals surface area contributed by atoms with Gasteiger partial charge in [0, 0.05) is 18.5 Å². The summed E-state index contributed by atoms with van der Waals surface area (Å²) in [5.74, 6) is 1.03. The molecule has 2 aromatic carbocycles. The van der Waals surface area contributed by atoms with Gasteiger partial charge in [-0.1, -0.05) is 55.0 Å². The first-order chi connectivity index (χ1) is 11.7. The number of rotatable bonds is 6. The molecule has 0 aliphatic carbocycles. The van der Waals surface area contributed by atoms with Crippen molar-refractivity contribution in [2.45, 2.75) is 51.6 Å². The zero-order chi connectivity index (χ0) is 16.8. The van der Waals surface area contributed by atoms with E-state index < -0.39 is 0 Å². The lowest BCUT2D eigenvalue weighted by atomic mass is 10.0. The minimum Gasteiger partial charge on any atom is -0.492 e. The van der Waals surface area contributed by atoms with Crippen LogP contribution in [0.15, 0.2) is 54.6 Å². The molecule has 3 heteroatoms. The first-order valence-corrected chi connectivity index (χ1v) is 9.24. The molecule has 2 unspecified atom stereocenters. The maximum atomic E-state index is 6.23. The van der Waals surface area contributed by atoms with E-state index in [1.807, 2.05) is 0 Å². The van der Waals surface area contributed by atoms with Gasteiger partial charge in [0.1, 0.15) is 12.4 Å². The second-order valence-corrected chi connectivity index (χ2v) is 7.01. The van der Waals surface area contributed by atoms with Crippen LogP contribution in [0.4, 0.5) is 0 Å². The molecule has 0 saturated carbocycles. The largest absolute Gasteiger partial charge is 0.492 e. The van der Waals surface area contributed by atoms with Crippen LogP contribution in [0.2, 0.25) is 0 Å². The predicted molar refractivity (Wildman–Crippen MR) is 108 cm³/mol. The van der Waals surface area contributed by atoms with Crippen LogP contribution < -0.4 is 4.74 Å². The van der Waals surface area contributed by atoms with Gasteiger partial charge in [0.2, 0.25) is 0 Å². The Labute approximate surface area is 158 Å². The van der Waals surface area contributed by atoms with Crippen LogP contribution in [0, 0.1) is 0 Å². The standard InChI is InChI=1S/C22H29NO.ClH/c1-18-10-8-9-15-23(18)19(2)17-24-22-14-7-6-13-21(22)16-20-11-4-3-5-12-20;/h3-7,11-14,18-19H,8-10,15-17H2,1-2H3;1H. The molecule has 1 aliphatic heterocycles. The number of hydrogen-bond donors (Lipinski definition) is 0. The van der Waals surface area contributed by atoms with E-state index in [-0.39, 0.29) is 12.4 Å². The van der Waals surface area contributed by atoms with E-state index in [1.165, 1.54) is 36.9 Å². The molecule has 0 radical (unpaired) electrons. The van der Waals surface area contributed by atoms with E-state index in [0.29, 0.717) is 12.1 Å². The first-order valence-electron chi connectivity index (χ1n) is 9.24. The molecule has 0 aromatic heterocycles. The number of hydrogen-bond acceptors (Lipinski definition) is 2. The summed E-state index contributed by atoms with van der Waals surface area (Å²) in [6, 6.07) is 20.2. The summed E-state index contributed by atoms with van der Waals surface area (Å²) in [5.41, 5.74) is 2.59. The molecule has 0 N–H and O–H groups in total. The quantitative estimate of drug-likeness (QED) is 0.690. The van der Waals surface area contributed by atoms with Crippen molar-refractivity contribution in [3.63, 3.8) is 0 Å². The molecular formula is C22H30ClNO. The Balaban J connectivity index is 0.00000225. The third kappa shape index (κ3) is 5.49. The third-order valence-corrected chi connectivity index (χ3v) is 5.11. The van der Waals surface area contributed by atoms with Crippen LogP contribution in [-0.2, 0) is 6.42 Å². The van der Waals surface area contributed by atoms with Gasteiger partial charge in [0.05, 0.1) is 0 Å². The summed E-state index contributed by atoms with van der Waals surface area (Å²) in [7, 11) is 0. The van der Waals surface area contributed by atoms with Gasteiger partial charge in [0.25, 0.3) is 0 Å². The van der Waals surface area contributed by atoms with Crippen LogP contribution in [-0.4, -0.2) is 30.1 Å². The monoisotopic (exact) mass is 359 g/mol. The van der Waals surface area contributed by atoms with E-state index in [4.69, 9.17) is 4.74 Å². The fourth-order valence-electron chi connectivity index (χ4n) is 3.69. The van der Waals surface area contributed by atoms with E-state index in [1.54, 1.807) is 0 Å². The molecule has 1 saturated heterocycles. The van der Waals surface area contributed by atoms with Crippen molar-refractivity contribution in [1.29, 1.82) is 0 Å². The molecule has 25 heavy (non-hydrogen) atoms. The van der Waals surface area contributed by atoms with Gasteiger partial charge in [-0.2, -0.15) is 0 Å². The van der Waals surface area contributed by atoms with E-state index in [2.05, 4.69) is 73.3 Å². The summed E-state index contributed by atoms with van der Waals surface area (Å²) in [5, 5.41) is 0. The highest BCUT2D eigenvalue weighted by Gasteiger charge is 2.23. The van der Waals surface area contributed by atoms with Gasteiger partial charge >= 0.3 is 0 Å². The molecule has 136 valence electrons. The van der Waals surface area contributed by atoms with Crippen molar-refractivity contribution in [2.75, 3.05) is 13.2 Å².